The van der Waals surface area contributed by atoms with Crippen LogP contribution in [-0.2, 0) is 6.54 Å². The third kappa shape index (κ3) is 4.03. The van der Waals surface area contributed by atoms with Crippen LogP contribution in [0.3, 0.4) is 0 Å². The number of rotatable bonds is 4. The van der Waals surface area contributed by atoms with Crippen LogP contribution in [0.5, 0.6) is 0 Å². The van der Waals surface area contributed by atoms with E-state index in [1.165, 1.54) is 18.2 Å². The van der Waals surface area contributed by atoms with Crippen molar-refractivity contribution in [1.29, 1.82) is 0 Å². The molecule has 3 aromatic rings. The molecular formula is C18H16ClFN4O. The summed E-state index contributed by atoms with van der Waals surface area (Å²) in [7, 11) is 0. The molecule has 5 nitrogen and oxygen atoms in total. The SMILES string of the molecule is Cc1cc(C)cc(-n2cc(C(=O)NCc3ccc(F)cc3Cl)nn2)c1. The normalized spacial score (nSPS) is 10.7. The Kier molecular flexibility index (Phi) is 4.81. The fourth-order valence-electron chi connectivity index (χ4n) is 2.51. The van der Waals surface area contributed by atoms with Crippen LogP contribution in [-0.4, -0.2) is 20.9 Å². The summed E-state index contributed by atoms with van der Waals surface area (Å²) in [5.74, 6) is -0.799. The van der Waals surface area contributed by atoms with Gasteiger partial charge in [0.15, 0.2) is 5.69 Å². The van der Waals surface area contributed by atoms with Gasteiger partial charge < -0.3 is 5.32 Å². The molecule has 0 unspecified atom stereocenters. The maximum atomic E-state index is 13.0. The lowest BCUT2D eigenvalue weighted by Crippen LogP contribution is -2.23. The minimum absolute atomic E-state index is 0.175. The van der Waals surface area contributed by atoms with E-state index in [2.05, 4.69) is 21.7 Å². The van der Waals surface area contributed by atoms with Crippen molar-refractivity contribution in [2.24, 2.45) is 0 Å². The highest BCUT2D eigenvalue weighted by Gasteiger charge is 2.12. The topological polar surface area (TPSA) is 59.8 Å². The van der Waals surface area contributed by atoms with Crippen molar-refractivity contribution in [2.45, 2.75) is 20.4 Å². The number of aromatic nitrogens is 3. The first-order valence-electron chi connectivity index (χ1n) is 7.65. The molecule has 0 radical (unpaired) electrons. The van der Waals surface area contributed by atoms with Gasteiger partial charge in [-0.1, -0.05) is 28.9 Å². The highest BCUT2D eigenvalue weighted by atomic mass is 35.5. The number of nitrogens with zero attached hydrogens (tertiary/aromatic N) is 3. The van der Waals surface area contributed by atoms with E-state index in [1.807, 2.05) is 26.0 Å². The summed E-state index contributed by atoms with van der Waals surface area (Å²) in [5.41, 5.74) is 3.85. The molecular weight excluding hydrogens is 343 g/mol. The van der Waals surface area contributed by atoms with Crippen LogP contribution < -0.4 is 5.32 Å². The number of hydrogen-bond acceptors (Lipinski definition) is 3. The number of benzene rings is 2. The number of halogens is 2. The van der Waals surface area contributed by atoms with Gasteiger partial charge in [0.25, 0.3) is 5.91 Å². The van der Waals surface area contributed by atoms with Crippen molar-refractivity contribution in [1.82, 2.24) is 20.3 Å². The predicted molar refractivity (Wildman–Crippen MR) is 93.4 cm³/mol. The third-order valence-electron chi connectivity index (χ3n) is 3.65. The average molecular weight is 359 g/mol. The molecule has 1 heterocycles. The Bertz CT molecular complexity index is 918. The summed E-state index contributed by atoms with van der Waals surface area (Å²) in [5, 5.41) is 10.9. The summed E-state index contributed by atoms with van der Waals surface area (Å²) >= 11 is 5.95. The number of hydrogen-bond donors (Lipinski definition) is 1. The van der Waals surface area contributed by atoms with E-state index < -0.39 is 5.82 Å². The quantitative estimate of drug-likeness (QED) is 0.775. The van der Waals surface area contributed by atoms with Gasteiger partial charge >= 0.3 is 0 Å². The molecule has 25 heavy (non-hydrogen) atoms. The Balaban J connectivity index is 1.72. The Morgan fingerprint density at radius 3 is 2.60 bits per heavy atom. The Labute approximate surface area is 149 Å². The van der Waals surface area contributed by atoms with Gasteiger partial charge in [-0.05, 0) is 54.8 Å². The summed E-state index contributed by atoms with van der Waals surface area (Å²) in [6.45, 7) is 4.16. The average Bonchev–Trinajstić information content (AvgIpc) is 3.03. The summed E-state index contributed by atoms with van der Waals surface area (Å²) in [6.07, 6.45) is 1.57. The van der Waals surface area contributed by atoms with Crippen molar-refractivity contribution >= 4 is 17.5 Å². The Morgan fingerprint density at radius 2 is 1.92 bits per heavy atom. The summed E-state index contributed by atoms with van der Waals surface area (Å²) < 4.78 is 14.6. The van der Waals surface area contributed by atoms with Crippen LogP contribution in [0.2, 0.25) is 5.02 Å². The predicted octanol–water partition coefficient (Wildman–Crippen LogP) is 3.61. The number of carbonyl (C=O) groups is 1. The number of nitrogens with one attached hydrogen (secondary N) is 1. The molecule has 0 spiro atoms. The minimum Gasteiger partial charge on any atom is -0.346 e. The van der Waals surface area contributed by atoms with Gasteiger partial charge in [-0.2, -0.15) is 0 Å². The van der Waals surface area contributed by atoms with Crippen LogP contribution in [0.15, 0.2) is 42.6 Å². The fourth-order valence-corrected chi connectivity index (χ4v) is 2.74. The molecule has 0 fully saturated rings. The number of carbonyl (C=O) groups excluding carboxylic acids is 1. The van der Waals surface area contributed by atoms with E-state index in [9.17, 15) is 9.18 Å². The van der Waals surface area contributed by atoms with Gasteiger partial charge in [0.1, 0.15) is 5.82 Å². The zero-order chi connectivity index (χ0) is 18.0. The van der Waals surface area contributed by atoms with Crippen molar-refractivity contribution in [3.63, 3.8) is 0 Å². The molecule has 0 bridgehead atoms. The van der Waals surface area contributed by atoms with Gasteiger partial charge in [0, 0.05) is 11.6 Å². The van der Waals surface area contributed by atoms with Gasteiger partial charge in [0.2, 0.25) is 0 Å². The molecule has 2 aromatic carbocycles. The lowest BCUT2D eigenvalue weighted by Gasteiger charge is -2.05. The van der Waals surface area contributed by atoms with Crippen molar-refractivity contribution in [3.8, 4) is 5.69 Å². The molecule has 1 N–H and O–H groups in total. The number of amides is 1. The second-order valence-electron chi connectivity index (χ2n) is 5.81. The molecule has 0 saturated heterocycles. The second-order valence-corrected chi connectivity index (χ2v) is 6.22. The van der Waals surface area contributed by atoms with Crippen LogP contribution >= 0.6 is 11.6 Å². The molecule has 3 rings (SSSR count). The molecule has 1 amide bonds. The summed E-state index contributed by atoms with van der Waals surface area (Å²) in [6, 6.07) is 10.0. The van der Waals surface area contributed by atoms with Crippen molar-refractivity contribution in [3.05, 3.63) is 75.8 Å². The van der Waals surface area contributed by atoms with E-state index in [0.717, 1.165) is 16.8 Å². The minimum atomic E-state index is -0.420. The lowest BCUT2D eigenvalue weighted by molar-refractivity contribution is 0.0946. The van der Waals surface area contributed by atoms with E-state index in [0.29, 0.717) is 5.56 Å². The maximum absolute atomic E-state index is 13.0. The lowest BCUT2D eigenvalue weighted by atomic mass is 10.1. The van der Waals surface area contributed by atoms with Crippen LogP contribution in [0.4, 0.5) is 4.39 Å². The first-order valence-corrected chi connectivity index (χ1v) is 8.03. The zero-order valence-electron chi connectivity index (χ0n) is 13.8. The molecule has 0 saturated carbocycles. The standard InChI is InChI=1S/C18H16ClFN4O/c1-11-5-12(2)7-15(6-11)24-10-17(22-23-24)18(25)21-9-13-3-4-14(20)8-16(13)19/h3-8,10H,9H2,1-2H3,(H,21,25). The first kappa shape index (κ1) is 17.1. The highest BCUT2D eigenvalue weighted by molar-refractivity contribution is 6.31. The van der Waals surface area contributed by atoms with Crippen molar-refractivity contribution in [2.75, 3.05) is 0 Å². The molecule has 0 atom stereocenters. The Hall–Kier alpha value is -2.73. The summed E-state index contributed by atoms with van der Waals surface area (Å²) in [4.78, 5) is 12.2. The second kappa shape index (κ2) is 7.03. The van der Waals surface area contributed by atoms with Gasteiger partial charge in [-0.25, -0.2) is 9.07 Å². The Morgan fingerprint density at radius 1 is 1.20 bits per heavy atom. The van der Waals surface area contributed by atoms with Gasteiger partial charge in [-0.15, -0.1) is 5.10 Å². The molecule has 7 heteroatoms. The first-order chi connectivity index (χ1) is 11.9. The van der Waals surface area contributed by atoms with E-state index in [-0.39, 0.29) is 23.2 Å². The zero-order valence-corrected chi connectivity index (χ0v) is 14.5. The van der Waals surface area contributed by atoms with E-state index >= 15 is 0 Å². The van der Waals surface area contributed by atoms with E-state index in [1.54, 1.807) is 10.9 Å². The third-order valence-corrected chi connectivity index (χ3v) is 4.00. The number of aryl methyl sites for hydroxylation is 2. The molecule has 0 aliphatic heterocycles. The molecule has 0 aliphatic carbocycles. The fraction of sp³-hybridized carbons (Fsp3) is 0.167. The van der Waals surface area contributed by atoms with Gasteiger partial charge in [0.05, 0.1) is 11.9 Å². The smallest absolute Gasteiger partial charge is 0.273 e. The molecule has 0 aliphatic rings. The largest absolute Gasteiger partial charge is 0.346 e. The highest BCUT2D eigenvalue weighted by Crippen LogP contribution is 2.17. The van der Waals surface area contributed by atoms with Crippen molar-refractivity contribution < 1.29 is 9.18 Å². The molecule has 128 valence electrons. The maximum Gasteiger partial charge on any atom is 0.273 e. The van der Waals surface area contributed by atoms with Crippen LogP contribution in [0, 0.1) is 19.7 Å². The van der Waals surface area contributed by atoms with Crippen LogP contribution in [0.25, 0.3) is 5.69 Å². The van der Waals surface area contributed by atoms with Gasteiger partial charge in [-0.3, -0.25) is 4.79 Å². The molecule has 1 aromatic heterocycles. The monoisotopic (exact) mass is 358 g/mol. The van der Waals surface area contributed by atoms with Crippen LogP contribution in [0.1, 0.15) is 27.2 Å². The van der Waals surface area contributed by atoms with E-state index in [4.69, 9.17) is 11.6 Å².